The van der Waals surface area contributed by atoms with Crippen molar-refractivity contribution in [2.75, 3.05) is 12.4 Å². The van der Waals surface area contributed by atoms with E-state index in [1.807, 2.05) is 13.0 Å². The van der Waals surface area contributed by atoms with Gasteiger partial charge in [-0.2, -0.15) is 0 Å². The van der Waals surface area contributed by atoms with Gasteiger partial charge in [0.1, 0.15) is 0 Å². The molecule has 0 spiro atoms. The van der Waals surface area contributed by atoms with E-state index in [4.69, 9.17) is 4.74 Å². The van der Waals surface area contributed by atoms with Gasteiger partial charge in [-0.1, -0.05) is 22.5 Å². The fourth-order valence-corrected chi connectivity index (χ4v) is 1.37. The van der Waals surface area contributed by atoms with Gasteiger partial charge in [0, 0.05) is 17.1 Å². The first kappa shape index (κ1) is 10.3. The van der Waals surface area contributed by atoms with Gasteiger partial charge in [-0.3, -0.25) is 0 Å². The number of ether oxygens (including phenoxy) is 1. The Morgan fingerprint density at radius 3 is 2.85 bits per heavy atom. The lowest BCUT2D eigenvalue weighted by Crippen LogP contribution is -1.93. The van der Waals surface area contributed by atoms with E-state index in [-0.39, 0.29) is 0 Å². The fourth-order valence-electron chi connectivity index (χ4n) is 1.05. The molecule has 2 nitrogen and oxygen atoms in total. The summed E-state index contributed by atoms with van der Waals surface area (Å²) in [5.41, 5.74) is 3.11. The number of aryl methyl sites for hydroxylation is 1. The van der Waals surface area contributed by atoms with Crippen molar-refractivity contribution in [3.05, 3.63) is 30.0 Å². The third-order valence-electron chi connectivity index (χ3n) is 1.79. The molecule has 0 aliphatic heterocycles. The molecule has 0 aliphatic carbocycles. The van der Waals surface area contributed by atoms with Gasteiger partial charge >= 0.3 is 0 Å². The molecule has 0 amide bonds. The number of methoxy groups -OCH3 is 1. The van der Waals surface area contributed by atoms with Gasteiger partial charge < -0.3 is 4.74 Å². The number of alkyl halides is 1. The first-order chi connectivity index (χ1) is 6.19. The van der Waals surface area contributed by atoms with Crippen LogP contribution >= 0.6 is 15.9 Å². The second-order valence-electron chi connectivity index (χ2n) is 2.79. The highest BCUT2D eigenvalue weighted by Crippen LogP contribution is 2.20. The molecule has 1 rings (SSSR count). The Morgan fingerprint density at radius 2 is 2.38 bits per heavy atom. The molecule has 0 aliphatic rings. The molecule has 0 saturated carbocycles. The van der Waals surface area contributed by atoms with Crippen LogP contribution in [0.4, 0.5) is 0 Å². The Labute approximate surface area is 86.8 Å². The van der Waals surface area contributed by atoms with E-state index >= 15 is 0 Å². The summed E-state index contributed by atoms with van der Waals surface area (Å²) in [6.45, 7) is 5.88. The van der Waals surface area contributed by atoms with Gasteiger partial charge in [0.25, 0.3) is 0 Å². The zero-order valence-corrected chi connectivity index (χ0v) is 9.39. The fraction of sp³-hybridized carbons (Fsp3) is 0.300. The van der Waals surface area contributed by atoms with Crippen LogP contribution in [-0.2, 0) is 0 Å². The van der Waals surface area contributed by atoms with E-state index < -0.39 is 0 Å². The van der Waals surface area contributed by atoms with Crippen molar-refractivity contribution >= 4 is 21.5 Å². The number of rotatable bonds is 3. The highest BCUT2D eigenvalue weighted by atomic mass is 79.9. The summed E-state index contributed by atoms with van der Waals surface area (Å²) >= 11 is 3.35. The molecule has 13 heavy (non-hydrogen) atoms. The van der Waals surface area contributed by atoms with E-state index in [1.54, 1.807) is 13.3 Å². The second kappa shape index (κ2) is 4.42. The van der Waals surface area contributed by atoms with Crippen molar-refractivity contribution in [1.82, 2.24) is 4.98 Å². The summed E-state index contributed by atoms with van der Waals surface area (Å²) in [5, 5.41) is 0.764. The van der Waals surface area contributed by atoms with Crippen molar-refractivity contribution in [3.8, 4) is 5.88 Å². The number of aromatic nitrogens is 1. The first-order valence-electron chi connectivity index (χ1n) is 3.93. The highest BCUT2D eigenvalue weighted by molar-refractivity contribution is 9.09. The van der Waals surface area contributed by atoms with Crippen LogP contribution in [0.3, 0.4) is 0 Å². The molecule has 1 heterocycles. The zero-order chi connectivity index (χ0) is 9.84. The Hall–Kier alpha value is -0.830. The molecular weight excluding hydrogens is 230 g/mol. The molecule has 0 N–H and O–H groups in total. The van der Waals surface area contributed by atoms with Gasteiger partial charge in [0.2, 0.25) is 5.88 Å². The van der Waals surface area contributed by atoms with Gasteiger partial charge in [0.15, 0.2) is 0 Å². The average Bonchev–Trinajstić information content (AvgIpc) is 2.16. The maximum Gasteiger partial charge on any atom is 0.215 e. The number of hydrogen-bond acceptors (Lipinski definition) is 2. The normalized spacial score (nSPS) is 9.77. The molecule has 0 atom stereocenters. The van der Waals surface area contributed by atoms with Crippen molar-refractivity contribution in [3.63, 3.8) is 0 Å². The third kappa shape index (κ3) is 2.31. The number of pyridine rings is 1. The van der Waals surface area contributed by atoms with Crippen LogP contribution in [0.1, 0.15) is 11.1 Å². The maximum absolute atomic E-state index is 5.06. The Kier molecular flexibility index (Phi) is 3.48. The van der Waals surface area contributed by atoms with Crippen LogP contribution in [0.5, 0.6) is 5.88 Å². The lowest BCUT2D eigenvalue weighted by Gasteiger charge is -2.06. The van der Waals surface area contributed by atoms with Gasteiger partial charge in [0.05, 0.1) is 7.11 Å². The van der Waals surface area contributed by atoms with Crippen LogP contribution in [-0.4, -0.2) is 17.4 Å². The molecular formula is C10H12BrNO. The second-order valence-corrected chi connectivity index (χ2v) is 3.35. The van der Waals surface area contributed by atoms with Crippen LogP contribution in [0, 0.1) is 6.92 Å². The van der Waals surface area contributed by atoms with Crippen LogP contribution in [0.2, 0.25) is 0 Å². The van der Waals surface area contributed by atoms with E-state index in [1.165, 1.54) is 0 Å². The Morgan fingerprint density at radius 1 is 1.69 bits per heavy atom. The number of allylic oxidation sites excluding steroid dienone is 1. The molecule has 0 fully saturated rings. The van der Waals surface area contributed by atoms with Gasteiger partial charge in [-0.25, -0.2) is 4.98 Å². The number of nitrogens with zero attached hydrogens (tertiary/aromatic N) is 1. The Bertz CT molecular complexity index is 323. The van der Waals surface area contributed by atoms with Crippen molar-refractivity contribution in [1.29, 1.82) is 0 Å². The molecule has 3 heteroatoms. The van der Waals surface area contributed by atoms with Crippen molar-refractivity contribution in [2.24, 2.45) is 0 Å². The number of hydrogen-bond donors (Lipinski definition) is 0. The largest absolute Gasteiger partial charge is 0.481 e. The topological polar surface area (TPSA) is 22.1 Å². The quantitative estimate of drug-likeness (QED) is 0.760. The summed E-state index contributed by atoms with van der Waals surface area (Å²) < 4.78 is 5.06. The molecule has 0 aromatic carbocycles. The SMILES string of the molecule is C=C(CBr)c1cnc(OC)c(C)c1. The zero-order valence-electron chi connectivity index (χ0n) is 7.80. The molecule has 1 aromatic rings. The predicted octanol–water partition coefficient (Wildman–Crippen LogP) is 2.81. The predicted molar refractivity (Wildman–Crippen MR) is 58.4 cm³/mol. The molecule has 1 aromatic heterocycles. The van der Waals surface area contributed by atoms with Crippen LogP contribution < -0.4 is 4.74 Å². The molecule has 0 saturated heterocycles. The highest BCUT2D eigenvalue weighted by Gasteiger charge is 2.02. The summed E-state index contributed by atoms with van der Waals surface area (Å²) in [6, 6.07) is 2.02. The van der Waals surface area contributed by atoms with Gasteiger partial charge in [-0.15, -0.1) is 0 Å². The molecule has 0 unspecified atom stereocenters. The van der Waals surface area contributed by atoms with E-state index in [0.29, 0.717) is 5.88 Å². The van der Waals surface area contributed by atoms with Crippen LogP contribution in [0.15, 0.2) is 18.8 Å². The van der Waals surface area contributed by atoms with E-state index in [0.717, 1.165) is 22.0 Å². The van der Waals surface area contributed by atoms with Gasteiger partial charge in [-0.05, 0) is 24.1 Å². The monoisotopic (exact) mass is 241 g/mol. The minimum atomic E-state index is 0.672. The summed E-state index contributed by atoms with van der Waals surface area (Å²) in [7, 11) is 1.62. The summed E-state index contributed by atoms with van der Waals surface area (Å²) in [5.74, 6) is 0.672. The lowest BCUT2D eigenvalue weighted by molar-refractivity contribution is 0.394. The minimum absolute atomic E-state index is 0.672. The molecule has 0 bridgehead atoms. The first-order valence-corrected chi connectivity index (χ1v) is 5.06. The third-order valence-corrected chi connectivity index (χ3v) is 2.47. The maximum atomic E-state index is 5.06. The molecule has 70 valence electrons. The summed E-state index contributed by atoms with van der Waals surface area (Å²) in [4.78, 5) is 4.16. The van der Waals surface area contributed by atoms with E-state index in [2.05, 4.69) is 27.5 Å². The lowest BCUT2D eigenvalue weighted by atomic mass is 10.1. The van der Waals surface area contributed by atoms with Crippen molar-refractivity contribution < 1.29 is 4.74 Å². The number of halogens is 1. The Balaban J connectivity index is 3.02. The minimum Gasteiger partial charge on any atom is -0.481 e. The smallest absolute Gasteiger partial charge is 0.215 e. The average molecular weight is 242 g/mol. The summed E-state index contributed by atoms with van der Waals surface area (Å²) in [6.07, 6.45) is 1.77. The van der Waals surface area contributed by atoms with Crippen LogP contribution in [0.25, 0.3) is 5.57 Å². The van der Waals surface area contributed by atoms with Crippen molar-refractivity contribution in [2.45, 2.75) is 6.92 Å². The molecule has 0 radical (unpaired) electrons. The standard InChI is InChI=1S/C10H12BrNO/c1-7-4-9(8(2)5-11)6-12-10(7)13-3/h4,6H,2,5H2,1,3H3. The van der Waals surface area contributed by atoms with E-state index in [9.17, 15) is 0 Å².